The van der Waals surface area contributed by atoms with Crippen LogP contribution in [0.1, 0.15) is 74.7 Å². The van der Waals surface area contributed by atoms with Gasteiger partial charge < -0.3 is 23.7 Å². The summed E-state index contributed by atoms with van der Waals surface area (Å²) >= 11 is 0. The lowest BCUT2D eigenvalue weighted by Crippen LogP contribution is -2.67. The van der Waals surface area contributed by atoms with Crippen LogP contribution in [0.2, 0.25) is 0 Å². The molecule has 0 radical (unpaired) electrons. The summed E-state index contributed by atoms with van der Waals surface area (Å²) < 4.78 is 27.5. The number of carbonyl (C=O) groups is 4. The van der Waals surface area contributed by atoms with Crippen LogP contribution in [0, 0.1) is 16.2 Å². The van der Waals surface area contributed by atoms with Gasteiger partial charge in [0.25, 0.3) is 0 Å². The SMILES string of the molecule is CCOC(=O)C1(C(=O)OCC)CC2=C(C)OC(C)(C)C[C@]2(C)CC1(C(=O)OCC)C(=O)OCC. The van der Waals surface area contributed by atoms with Gasteiger partial charge in [-0.3, -0.25) is 19.2 Å². The topological polar surface area (TPSA) is 114 Å². The maximum atomic E-state index is 13.7. The van der Waals surface area contributed by atoms with E-state index >= 15 is 0 Å². The Balaban J connectivity index is 3.00. The van der Waals surface area contributed by atoms with Gasteiger partial charge in [-0.2, -0.15) is 0 Å². The first-order chi connectivity index (χ1) is 15.8. The molecule has 0 saturated heterocycles. The summed E-state index contributed by atoms with van der Waals surface area (Å²) in [4.78, 5) is 54.8. The Morgan fingerprint density at radius 1 is 0.706 bits per heavy atom. The van der Waals surface area contributed by atoms with E-state index in [4.69, 9.17) is 23.7 Å². The molecule has 192 valence electrons. The molecule has 9 nitrogen and oxygen atoms in total. The van der Waals surface area contributed by atoms with Gasteiger partial charge in [-0.1, -0.05) is 6.92 Å². The maximum absolute atomic E-state index is 13.7. The second-order valence-corrected chi connectivity index (χ2v) is 9.68. The fourth-order valence-electron chi connectivity index (χ4n) is 5.81. The lowest BCUT2D eigenvalue weighted by atomic mass is 9.46. The second kappa shape index (κ2) is 9.96. The first-order valence-corrected chi connectivity index (χ1v) is 11.9. The summed E-state index contributed by atoms with van der Waals surface area (Å²) in [5, 5.41) is 0. The highest BCUT2D eigenvalue weighted by Gasteiger charge is 2.78. The molecule has 1 aliphatic carbocycles. The third kappa shape index (κ3) is 4.29. The van der Waals surface area contributed by atoms with Crippen LogP contribution in [0.25, 0.3) is 0 Å². The molecule has 1 aliphatic heterocycles. The minimum Gasteiger partial charge on any atom is -0.493 e. The fraction of sp³-hybridized carbons (Fsp3) is 0.760. The minimum absolute atomic E-state index is 0.0608. The summed E-state index contributed by atoms with van der Waals surface area (Å²) in [7, 11) is 0. The molecule has 1 saturated carbocycles. The van der Waals surface area contributed by atoms with Crippen molar-refractivity contribution in [2.45, 2.75) is 80.3 Å². The Morgan fingerprint density at radius 2 is 1.09 bits per heavy atom. The predicted octanol–water partition coefficient (Wildman–Crippen LogP) is 3.48. The molecule has 2 aliphatic rings. The lowest BCUT2D eigenvalue weighted by Gasteiger charge is -2.56. The number of hydrogen-bond donors (Lipinski definition) is 0. The molecule has 0 aromatic rings. The molecule has 0 aromatic carbocycles. The molecule has 0 aromatic heterocycles. The molecule has 34 heavy (non-hydrogen) atoms. The van der Waals surface area contributed by atoms with E-state index < -0.39 is 45.7 Å². The number of esters is 4. The molecular formula is C25H38O9. The molecule has 0 amide bonds. The van der Waals surface area contributed by atoms with Crippen LogP contribution >= 0.6 is 0 Å². The molecule has 1 atom stereocenters. The quantitative estimate of drug-likeness (QED) is 0.291. The molecule has 0 N–H and O–H groups in total. The number of allylic oxidation sites excluding steroid dienone is 2. The minimum atomic E-state index is -2.33. The second-order valence-electron chi connectivity index (χ2n) is 9.68. The number of fused-ring (bicyclic) bond motifs is 1. The normalized spacial score (nSPS) is 24.2. The highest BCUT2D eigenvalue weighted by molar-refractivity contribution is 6.15. The van der Waals surface area contributed by atoms with E-state index in [2.05, 4.69) is 0 Å². The van der Waals surface area contributed by atoms with Crippen molar-refractivity contribution >= 4 is 23.9 Å². The average molecular weight is 483 g/mol. The molecular weight excluding hydrogens is 444 g/mol. The van der Waals surface area contributed by atoms with Gasteiger partial charge >= 0.3 is 23.9 Å². The van der Waals surface area contributed by atoms with Crippen molar-refractivity contribution in [1.29, 1.82) is 0 Å². The van der Waals surface area contributed by atoms with E-state index in [1.54, 1.807) is 34.6 Å². The Hall–Kier alpha value is -2.58. The molecule has 2 rings (SSSR count). The zero-order valence-electron chi connectivity index (χ0n) is 21.6. The summed E-state index contributed by atoms with van der Waals surface area (Å²) in [6.07, 6.45) is -0.0512. The van der Waals surface area contributed by atoms with Gasteiger partial charge in [0.1, 0.15) is 5.60 Å². The van der Waals surface area contributed by atoms with Crippen LogP contribution in [0.4, 0.5) is 0 Å². The molecule has 0 spiro atoms. The van der Waals surface area contributed by atoms with Crippen LogP contribution in [0.5, 0.6) is 0 Å². The fourth-order valence-corrected chi connectivity index (χ4v) is 5.81. The zero-order chi connectivity index (χ0) is 25.9. The summed E-state index contributed by atoms with van der Waals surface area (Å²) in [6.45, 7) is 13.6. The molecule has 0 unspecified atom stereocenters. The number of carbonyl (C=O) groups excluding carboxylic acids is 4. The van der Waals surface area contributed by atoms with Gasteiger partial charge in [0.05, 0.1) is 32.2 Å². The van der Waals surface area contributed by atoms with Gasteiger partial charge in [0.15, 0.2) is 10.8 Å². The number of ether oxygens (including phenoxy) is 5. The van der Waals surface area contributed by atoms with E-state index in [1.807, 2.05) is 20.8 Å². The van der Waals surface area contributed by atoms with E-state index in [0.29, 0.717) is 17.8 Å². The standard InChI is InChI=1S/C25H38O9/c1-9-30-18(26)24(19(27)31-10-2)13-17-16(5)34-22(6,7)14-23(17,8)15-25(24,20(28)32-11-3)21(29)33-12-4/h9-15H2,1-8H3/t23-/m1/s1. The van der Waals surface area contributed by atoms with Crippen LogP contribution in [0.3, 0.4) is 0 Å². The average Bonchev–Trinajstić information content (AvgIpc) is 2.72. The molecule has 1 heterocycles. The van der Waals surface area contributed by atoms with E-state index in [9.17, 15) is 19.2 Å². The zero-order valence-corrected chi connectivity index (χ0v) is 21.6. The van der Waals surface area contributed by atoms with Crippen LogP contribution in [-0.4, -0.2) is 55.9 Å². The highest BCUT2D eigenvalue weighted by Crippen LogP contribution is 2.65. The van der Waals surface area contributed by atoms with Gasteiger partial charge in [0, 0.05) is 6.42 Å². The van der Waals surface area contributed by atoms with Crippen molar-refractivity contribution in [1.82, 2.24) is 0 Å². The Labute approximate surface area is 201 Å². The summed E-state index contributed by atoms with van der Waals surface area (Å²) in [5.41, 5.74) is -5.35. The lowest BCUT2D eigenvalue weighted by molar-refractivity contribution is -0.212. The van der Waals surface area contributed by atoms with Crippen LogP contribution in [-0.2, 0) is 42.9 Å². The van der Waals surface area contributed by atoms with Crippen molar-refractivity contribution in [3.63, 3.8) is 0 Å². The van der Waals surface area contributed by atoms with Gasteiger partial charge in [-0.05, 0) is 72.3 Å². The highest BCUT2D eigenvalue weighted by atomic mass is 16.6. The van der Waals surface area contributed by atoms with Gasteiger partial charge in [0.2, 0.25) is 0 Å². The third-order valence-corrected chi connectivity index (χ3v) is 6.72. The maximum Gasteiger partial charge on any atom is 0.325 e. The predicted molar refractivity (Wildman–Crippen MR) is 121 cm³/mol. The Kier molecular flexibility index (Phi) is 8.10. The third-order valence-electron chi connectivity index (χ3n) is 6.72. The van der Waals surface area contributed by atoms with Crippen molar-refractivity contribution in [3.05, 3.63) is 11.3 Å². The molecule has 0 bridgehead atoms. The Morgan fingerprint density at radius 3 is 1.47 bits per heavy atom. The first kappa shape index (κ1) is 27.7. The van der Waals surface area contributed by atoms with E-state index in [-0.39, 0.29) is 39.3 Å². The van der Waals surface area contributed by atoms with Crippen molar-refractivity contribution in [2.75, 3.05) is 26.4 Å². The van der Waals surface area contributed by atoms with Crippen molar-refractivity contribution in [3.8, 4) is 0 Å². The molecule has 1 fully saturated rings. The van der Waals surface area contributed by atoms with Crippen LogP contribution in [0.15, 0.2) is 11.3 Å². The van der Waals surface area contributed by atoms with Crippen LogP contribution < -0.4 is 0 Å². The molecule has 9 heteroatoms. The van der Waals surface area contributed by atoms with Crippen molar-refractivity contribution < 1.29 is 42.9 Å². The Bertz CT molecular complexity index is 834. The van der Waals surface area contributed by atoms with Crippen molar-refractivity contribution in [2.24, 2.45) is 16.2 Å². The van der Waals surface area contributed by atoms with Gasteiger partial charge in [-0.25, -0.2) is 0 Å². The first-order valence-electron chi connectivity index (χ1n) is 11.9. The summed E-state index contributed by atoms with van der Waals surface area (Å²) in [5.74, 6) is -3.52. The smallest absolute Gasteiger partial charge is 0.325 e. The monoisotopic (exact) mass is 482 g/mol. The summed E-state index contributed by atoms with van der Waals surface area (Å²) in [6, 6.07) is 0. The van der Waals surface area contributed by atoms with E-state index in [1.165, 1.54) is 0 Å². The van der Waals surface area contributed by atoms with Gasteiger partial charge in [-0.15, -0.1) is 0 Å². The van der Waals surface area contributed by atoms with E-state index in [0.717, 1.165) is 0 Å². The largest absolute Gasteiger partial charge is 0.493 e. The number of hydrogen-bond acceptors (Lipinski definition) is 9. The number of rotatable bonds is 8.